The molecule has 36 heavy (non-hydrogen) atoms. The summed E-state index contributed by atoms with van der Waals surface area (Å²) in [5, 5.41) is 3.59. The number of hydrogen-bond acceptors (Lipinski definition) is 6. The van der Waals surface area contributed by atoms with Crippen molar-refractivity contribution in [3.63, 3.8) is 0 Å². The lowest BCUT2D eigenvalue weighted by Crippen LogP contribution is -2.54. The van der Waals surface area contributed by atoms with Crippen LogP contribution in [-0.4, -0.2) is 24.8 Å². The maximum absolute atomic E-state index is 14.0. The van der Waals surface area contributed by atoms with E-state index in [4.69, 9.17) is 33.7 Å². The van der Waals surface area contributed by atoms with Gasteiger partial charge in [-0.15, -0.1) is 0 Å². The number of ether oxygens (including phenoxy) is 1. The molecule has 2 aromatic carbocycles. The van der Waals surface area contributed by atoms with Crippen LogP contribution in [0.15, 0.2) is 59.1 Å². The number of carbonyl (C=O) groups excluding carboxylic acids is 3. The summed E-state index contributed by atoms with van der Waals surface area (Å²) in [6, 6.07) is 10.3. The first kappa shape index (κ1) is 24.4. The SMILES string of the molecule is COC(=O)C1=C(N)N(c2cc(Cl)ccc2Cl)C2=C(C(=O)CC(C)(C)C2)C12C(=O)Nc1ccc(C)cc12. The summed E-state index contributed by atoms with van der Waals surface area (Å²) in [6.45, 7) is 5.83. The van der Waals surface area contributed by atoms with Gasteiger partial charge in [0, 0.05) is 34.0 Å². The molecule has 1 spiro atoms. The highest BCUT2D eigenvalue weighted by atomic mass is 35.5. The zero-order valence-corrected chi connectivity index (χ0v) is 21.8. The van der Waals surface area contributed by atoms with Crippen LogP contribution in [0.25, 0.3) is 0 Å². The normalized spacial score (nSPS) is 22.6. The van der Waals surface area contributed by atoms with Gasteiger partial charge < -0.3 is 15.8 Å². The highest BCUT2D eigenvalue weighted by Gasteiger charge is 2.63. The number of amides is 1. The van der Waals surface area contributed by atoms with Crippen molar-refractivity contribution in [2.24, 2.45) is 11.1 Å². The number of hydrogen-bond donors (Lipinski definition) is 2. The van der Waals surface area contributed by atoms with Gasteiger partial charge in [0.25, 0.3) is 0 Å². The third-order valence-electron chi connectivity index (χ3n) is 7.08. The Morgan fingerprint density at radius 1 is 1.11 bits per heavy atom. The van der Waals surface area contributed by atoms with Gasteiger partial charge in [0.2, 0.25) is 5.91 Å². The first-order valence-electron chi connectivity index (χ1n) is 11.5. The molecule has 5 rings (SSSR count). The van der Waals surface area contributed by atoms with E-state index >= 15 is 0 Å². The fraction of sp³-hybridized carbons (Fsp3) is 0.296. The molecule has 0 saturated heterocycles. The summed E-state index contributed by atoms with van der Waals surface area (Å²) in [5.74, 6) is -1.63. The van der Waals surface area contributed by atoms with E-state index in [0.717, 1.165) is 5.56 Å². The van der Waals surface area contributed by atoms with Crippen LogP contribution < -0.4 is 16.0 Å². The summed E-state index contributed by atoms with van der Waals surface area (Å²) in [7, 11) is 1.22. The van der Waals surface area contributed by atoms with E-state index in [1.165, 1.54) is 7.11 Å². The van der Waals surface area contributed by atoms with Gasteiger partial charge in [0.15, 0.2) is 5.78 Å². The van der Waals surface area contributed by atoms with E-state index in [0.29, 0.717) is 39.1 Å². The second-order valence-electron chi connectivity index (χ2n) is 10.2. The van der Waals surface area contributed by atoms with Gasteiger partial charge in [0.05, 0.1) is 17.8 Å². The highest BCUT2D eigenvalue weighted by Crippen LogP contribution is 2.58. The van der Waals surface area contributed by atoms with E-state index in [1.54, 1.807) is 29.2 Å². The van der Waals surface area contributed by atoms with Crippen LogP contribution >= 0.6 is 23.2 Å². The molecule has 1 unspecified atom stereocenters. The molecule has 1 aliphatic carbocycles. The minimum atomic E-state index is -1.76. The van der Waals surface area contributed by atoms with E-state index in [1.807, 2.05) is 32.9 Å². The first-order chi connectivity index (χ1) is 16.9. The molecule has 0 fully saturated rings. The number of nitrogens with zero attached hydrogens (tertiary/aromatic N) is 1. The number of methoxy groups -OCH3 is 1. The lowest BCUT2D eigenvalue weighted by Gasteiger charge is -2.47. The summed E-state index contributed by atoms with van der Waals surface area (Å²) in [6.07, 6.45) is 0.593. The van der Waals surface area contributed by atoms with Crippen LogP contribution in [0.5, 0.6) is 0 Å². The lowest BCUT2D eigenvalue weighted by molar-refractivity contribution is -0.138. The fourth-order valence-electron chi connectivity index (χ4n) is 5.68. The minimum absolute atomic E-state index is 0.0419. The van der Waals surface area contributed by atoms with Gasteiger partial charge in [-0.2, -0.15) is 0 Å². The largest absolute Gasteiger partial charge is 0.466 e. The van der Waals surface area contributed by atoms with Gasteiger partial charge in [-0.25, -0.2) is 4.79 Å². The molecule has 7 nitrogen and oxygen atoms in total. The smallest absolute Gasteiger partial charge is 0.339 e. The third-order valence-corrected chi connectivity index (χ3v) is 7.63. The standard InChI is InChI=1S/C27H25Cl2N3O4/c1-13-5-8-17-15(9-13)27(25(35)31-17)21-19(11-26(2,3)12-20(21)33)32(23(30)22(27)24(34)36-4)18-10-14(28)6-7-16(18)29/h5-10H,11-12,30H2,1-4H3,(H,31,35). The van der Waals surface area contributed by atoms with Crippen molar-refractivity contribution in [2.75, 3.05) is 17.3 Å². The fourth-order valence-corrected chi connectivity index (χ4v) is 6.05. The molecular formula is C27H25Cl2N3O4. The predicted molar refractivity (Wildman–Crippen MR) is 139 cm³/mol. The molecule has 0 bridgehead atoms. The van der Waals surface area contributed by atoms with Crippen molar-refractivity contribution in [2.45, 2.75) is 39.0 Å². The van der Waals surface area contributed by atoms with E-state index in [-0.39, 0.29) is 29.2 Å². The Balaban J connectivity index is 1.96. The number of nitrogens with two attached hydrogens (primary N) is 1. The predicted octanol–water partition coefficient (Wildman–Crippen LogP) is 5.00. The number of nitrogens with one attached hydrogen (secondary N) is 1. The summed E-state index contributed by atoms with van der Waals surface area (Å²) in [5.41, 5.74) is 7.43. The number of rotatable bonds is 2. The molecule has 2 aliphatic heterocycles. The number of fused-ring (bicyclic) bond motifs is 3. The number of halogens is 2. The molecule has 0 aromatic heterocycles. The van der Waals surface area contributed by atoms with Crippen LogP contribution in [-0.2, 0) is 24.5 Å². The Morgan fingerprint density at radius 2 is 1.83 bits per heavy atom. The third kappa shape index (κ3) is 3.29. The molecule has 3 N–H and O–H groups in total. The van der Waals surface area contributed by atoms with Crippen molar-refractivity contribution in [1.82, 2.24) is 0 Å². The molecule has 9 heteroatoms. The zero-order valence-electron chi connectivity index (χ0n) is 20.3. The molecule has 1 atom stereocenters. The number of anilines is 2. The van der Waals surface area contributed by atoms with Crippen molar-refractivity contribution in [3.8, 4) is 0 Å². The van der Waals surface area contributed by atoms with Gasteiger partial charge >= 0.3 is 5.97 Å². The number of allylic oxidation sites excluding steroid dienone is 1. The number of carbonyl (C=O) groups is 3. The quantitative estimate of drug-likeness (QED) is 0.535. The van der Waals surface area contributed by atoms with E-state index in [2.05, 4.69) is 5.32 Å². The van der Waals surface area contributed by atoms with Crippen LogP contribution in [0.4, 0.5) is 11.4 Å². The average molecular weight is 526 g/mol. The maximum atomic E-state index is 14.0. The van der Waals surface area contributed by atoms with Crippen LogP contribution in [0.3, 0.4) is 0 Å². The molecule has 1 amide bonds. The molecular weight excluding hydrogens is 501 g/mol. The number of Topliss-reactive ketones (excluding diaryl/α,β-unsaturated/α-hetero) is 1. The first-order valence-corrected chi connectivity index (χ1v) is 12.2. The number of aryl methyl sites for hydroxylation is 1. The van der Waals surface area contributed by atoms with Crippen molar-refractivity contribution < 1.29 is 19.1 Å². The van der Waals surface area contributed by atoms with E-state index < -0.39 is 22.7 Å². The Bertz CT molecular complexity index is 1440. The van der Waals surface area contributed by atoms with Crippen molar-refractivity contribution in [1.29, 1.82) is 0 Å². The van der Waals surface area contributed by atoms with Crippen LogP contribution in [0, 0.1) is 12.3 Å². The van der Waals surface area contributed by atoms with Crippen LogP contribution in [0.2, 0.25) is 10.0 Å². The summed E-state index contributed by atoms with van der Waals surface area (Å²) >= 11 is 12.9. The van der Waals surface area contributed by atoms with Crippen molar-refractivity contribution in [3.05, 3.63) is 80.2 Å². The average Bonchev–Trinajstić information content (AvgIpc) is 3.06. The van der Waals surface area contributed by atoms with Gasteiger partial charge in [-0.1, -0.05) is 54.7 Å². The van der Waals surface area contributed by atoms with Crippen molar-refractivity contribution >= 4 is 52.2 Å². The molecule has 2 heterocycles. The van der Waals surface area contributed by atoms with Gasteiger partial charge in [-0.3, -0.25) is 14.5 Å². The monoisotopic (exact) mass is 525 g/mol. The van der Waals surface area contributed by atoms with E-state index in [9.17, 15) is 14.4 Å². The number of esters is 1. The Morgan fingerprint density at radius 3 is 2.53 bits per heavy atom. The molecule has 2 aromatic rings. The lowest BCUT2D eigenvalue weighted by atomic mass is 9.60. The Hall–Kier alpha value is -3.29. The second kappa shape index (κ2) is 8.11. The highest BCUT2D eigenvalue weighted by molar-refractivity contribution is 6.35. The Kier molecular flexibility index (Phi) is 5.50. The van der Waals surface area contributed by atoms with Crippen LogP contribution in [0.1, 0.15) is 37.8 Å². The summed E-state index contributed by atoms with van der Waals surface area (Å²) < 4.78 is 5.16. The second-order valence-corrected chi connectivity index (χ2v) is 11.0. The molecule has 0 saturated carbocycles. The molecule has 0 radical (unpaired) electrons. The van der Waals surface area contributed by atoms with Gasteiger partial charge in [0.1, 0.15) is 16.8 Å². The summed E-state index contributed by atoms with van der Waals surface area (Å²) in [4.78, 5) is 43.0. The molecule has 186 valence electrons. The number of ketones is 1. The molecule has 3 aliphatic rings. The van der Waals surface area contributed by atoms with Gasteiger partial charge in [-0.05, 0) is 43.0 Å². The topological polar surface area (TPSA) is 102 Å². The minimum Gasteiger partial charge on any atom is -0.466 e. The number of benzene rings is 2. The Labute approximate surface area is 218 Å². The maximum Gasteiger partial charge on any atom is 0.339 e. The zero-order chi connectivity index (χ0) is 26.2.